The van der Waals surface area contributed by atoms with Gasteiger partial charge in [-0.25, -0.2) is 4.79 Å². The lowest BCUT2D eigenvalue weighted by Crippen LogP contribution is -2.22. The standard InChI is InChI=1S/C17H23NO4/c1-4-12-7-14-13(10-18(3)6-5-11(2)19)8-17(21)22-16(14)9-15(12)20/h7-9,11,19-20H,4-6,10H2,1-3H3. The molecule has 120 valence electrons. The van der Waals surface area contributed by atoms with E-state index in [4.69, 9.17) is 4.42 Å². The zero-order valence-corrected chi connectivity index (χ0v) is 13.3. The number of rotatable bonds is 6. The van der Waals surface area contributed by atoms with E-state index in [1.54, 1.807) is 6.92 Å². The SMILES string of the molecule is CCc1cc2c(CN(C)CCC(C)O)cc(=O)oc2cc1O. The van der Waals surface area contributed by atoms with Crippen molar-refractivity contribution >= 4 is 11.0 Å². The van der Waals surface area contributed by atoms with Gasteiger partial charge in [0.05, 0.1) is 6.10 Å². The van der Waals surface area contributed by atoms with Crippen LogP contribution in [-0.4, -0.2) is 34.8 Å². The number of aromatic hydroxyl groups is 1. The molecule has 22 heavy (non-hydrogen) atoms. The van der Waals surface area contributed by atoms with Crippen LogP contribution in [0.25, 0.3) is 11.0 Å². The molecule has 0 aliphatic heterocycles. The van der Waals surface area contributed by atoms with Gasteiger partial charge in [0.15, 0.2) is 0 Å². The predicted molar refractivity (Wildman–Crippen MR) is 86.2 cm³/mol. The number of aryl methyl sites for hydroxylation is 1. The van der Waals surface area contributed by atoms with E-state index in [1.165, 1.54) is 12.1 Å². The molecular weight excluding hydrogens is 282 g/mol. The lowest BCUT2D eigenvalue weighted by atomic mass is 10.0. The van der Waals surface area contributed by atoms with E-state index in [2.05, 4.69) is 4.90 Å². The normalized spacial score (nSPS) is 13.0. The van der Waals surface area contributed by atoms with Gasteiger partial charge in [-0.1, -0.05) is 6.92 Å². The molecule has 0 bridgehead atoms. The van der Waals surface area contributed by atoms with Gasteiger partial charge < -0.3 is 19.5 Å². The van der Waals surface area contributed by atoms with Crippen molar-refractivity contribution in [1.29, 1.82) is 0 Å². The summed E-state index contributed by atoms with van der Waals surface area (Å²) in [5, 5.41) is 20.1. The van der Waals surface area contributed by atoms with E-state index >= 15 is 0 Å². The zero-order chi connectivity index (χ0) is 16.3. The fraction of sp³-hybridized carbons (Fsp3) is 0.471. The van der Waals surface area contributed by atoms with Crippen molar-refractivity contribution in [1.82, 2.24) is 4.90 Å². The molecule has 0 saturated heterocycles. The van der Waals surface area contributed by atoms with Crippen molar-refractivity contribution < 1.29 is 14.6 Å². The summed E-state index contributed by atoms with van der Waals surface area (Å²) >= 11 is 0. The third kappa shape index (κ3) is 3.87. The zero-order valence-electron chi connectivity index (χ0n) is 13.3. The molecule has 1 heterocycles. The number of aliphatic hydroxyl groups excluding tert-OH is 1. The van der Waals surface area contributed by atoms with Gasteiger partial charge in [-0.05, 0) is 44.0 Å². The molecule has 5 nitrogen and oxygen atoms in total. The summed E-state index contributed by atoms with van der Waals surface area (Å²) in [6.45, 7) is 5.05. The third-order valence-corrected chi connectivity index (χ3v) is 3.78. The molecule has 2 rings (SSSR count). The fourth-order valence-electron chi connectivity index (χ4n) is 2.50. The second kappa shape index (κ2) is 6.94. The molecule has 5 heteroatoms. The molecule has 0 radical (unpaired) electrons. The largest absolute Gasteiger partial charge is 0.508 e. The average Bonchev–Trinajstić information content (AvgIpc) is 2.44. The smallest absolute Gasteiger partial charge is 0.336 e. The van der Waals surface area contributed by atoms with Crippen molar-refractivity contribution in [3.63, 3.8) is 0 Å². The fourth-order valence-corrected chi connectivity index (χ4v) is 2.50. The maximum Gasteiger partial charge on any atom is 0.336 e. The first-order chi connectivity index (χ1) is 10.4. The van der Waals surface area contributed by atoms with Crippen LogP contribution in [-0.2, 0) is 13.0 Å². The van der Waals surface area contributed by atoms with Crippen LogP contribution in [0.2, 0.25) is 0 Å². The van der Waals surface area contributed by atoms with Crippen LogP contribution < -0.4 is 5.63 Å². The van der Waals surface area contributed by atoms with Gasteiger partial charge in [0, 0.05) is 30.6 Å². The lowest BCUT2D eigenvalue weighted by molar-refractivity contribution is 0.163. The Morgan fingerprint density at radius 1 is 1.27 bits per heavy atom. The summed E-state index contributed by atoms with van der Waals surface area (Å²) < 4.78 is 5.19. The summed E-state index contributed by atoms with van der Waals surface area (Å²) in [5.41, 5.74) is 1.68. The van der Waals surface area contributed by atoms with Crippen molar-refractivity contribution in [2.24, 2.45) is 0 Å². The molecule has 1 unspecified atom stereocenters. The first kappa shape index (κ1) is 16.5. The Balaban J connectivity index is 2.37. The van der Waals surface area contributed by atoms with Crippen LogP contribution in [0, 0.1) is 0 Å². The molecular formula is C17H23NO4. The van der Waals surface area contributed by atoms with Crippen LogP contribution in [0.5, 0.6) is 5.75 Å². The molecule has 0 saturated carbocycles. The molecule has 0 aliphatic carbocycles. The second-order valence-corrected chi connectivity index (χ2v) is 5.80. The van der Waals surface area contributed by atoms with Gasteiger partial charge in [0.2, 0.25) is 0 Å². The Kier molecular flexibility index (Phi) is 5.21. The molecule has 2 N–H and O–H groups in total. The highest BCUT2D eigenvalue weighted by atomic mass is 16.4. The Bertz CT molecular complexity index is 706. The highest BCUT2D eigenvalue weighted by Crippen LogP contribution is 2.27. The number of aliphatic hydroxyl groups is 1. The van der Waals surface area contributed by atoms with Crippen LogP contribution in [0.4, 0.5) is 0 Å². The summed E-state index contributed by atoms with van der Waals surface area (Å²) in [6.07, 6.45) is 1.04. The number of benzene rings is 1. The number of hydrogen-bond acceptors (Lipinski definition) is 5. The highest BCUT2D eigenvalue weighted by Gasteiger charge is 2.12. The number of nitrogens with zero attached hydrogens (tertiary/aromatic N) is 1. The van der Waals surface area contributed by atoms with E-state index in [1.807, 2.05) is 20.0 Å². The van der Waals surface area contributed by atoms with Crippen LogP contribution >= 0.6 is 0 Å². The number of fused-ring (bicyclic) bond motifs is 1. The molecule has 0 aliphatic rings. The third-order valence-electron chi connectivity index (χ3n) is 3.78. The van der Waals surface area contributed by atoms with Crippen LogP contribution in [0.1, 0.15) is 31.4 Å². The maximum absolute atomic E-state index is 11.7. The van der Waals surface area contributed by atoms with E-state index in [-0.39, 0.29) is 11.9 Å². The lowest BCUT2D eigenvalue weighted by Gasteiger charge is -2.18. The van der Waals surface area contributed by atoms with Crippen molar-refractivity contribution in [3.05, 3.63) is 39.7 Å². The minimum Gasteiger partial charge on any atom is -0.508 e. The molecule has 0 amide bonds. The quantitative estimate of drug-likeness (QED) is 0.801. The molecule has 1 atom stereocenters. The van der Waals surface area contributed by atoms with E-state index in [0.717, 1.165) is 23.1 Å². The summed E-state index contributed by atoms with van der Waals surface area (Å²) in [6, 6.07) is 4.89. The van der Waals surface area contributed by atoms with Crippen molar-refractivity contribution in [2.75, 3.05) is 13.6 Å². The minimum absolute atomic E-state index is 0.151. The second-order valence-electron chi connectivity index (χ2n) is 5.80. The Morgan fingerprint density at radius 2 is 2.00 bits per heavy atom. The van der Waals surface area contributed by atoms with E-state index < -0.39 is 5.63 Å². The maximum atomic E-state index is 11.7. The van der Waals surface area contributed by atoms with Gasteiger partial charge in [0.25, 0.3) is 0 Å². The molecule has 1 aromatic carbocycles. The Hall–Kier alpha value is -1.85. The monoisotopic (exact) mass is 305 g/mol. The van der Waals surface area contributed by atoms with Gasteiger partial charge in [0.1, 0.15) is 11.3 Å². The Labute approximate surface area is 129 Å². The number of phenols is 1. The topological polar surface area (TPSA) is 73.9 Å². The van der Waals surface area contributed by atoms with Crippen molar-refractivity contribution in [2.45, 2.75) is 39.3 Å². The first-order valence-corrected chi connectivity index (χ1v) is 7.56. The molecule has 0 fully saturated rings. The van der Waals surface area contributed by atoms with Gasteiger partial charge in [-0.3, -0.25) is 0 Å². The molecule has 1 aromatic heterocycles. The summed E-state index contributed by atoms with van der Waals surface area (Å²) in [4.78, 5) is 13.8. The molecule has 2 aromatic rings. The average molecular weight is 305 g/mol. The Morgan fingerprint density at radius 3 is 2.64 bits per heavy atom. The van der Waals surface area contributed by atoms with Gasteiger partial charge in [-0.15, -0.1) is 0 Å². The predicted octanol–water partition coefficient (Wildman–Crippen LogP) is 2.26. The number of hydrogen-bond donors (Lipinski definition) is 2. The van der Waals surface area contributed by atoms with Gasteiger partial charge in [-0.2, -0.15) is 0 Å². The summed E-state index contributed by atoms with van der Waals surface area (Å²) in [7, 11) is 1.95. The highest BCUT2D eigenvalue weighted by molar-refractivity contribution is 5.82. The number of phenolic OH excluding ortho intramolecular Hbond substituents is 1. The van der Waals surface area contributed by atoms with Crippen LogP contribution in [0.15, 0.2) is 27.4 Å². The van der Waals surface area contributed by atoms with E-state index in [9.17, 15) is 15.0 Å². The summed E-state index contributed by atoms with van der Waals surface area (Å²) in [5.74, 6) is 0.151. The first-order valence-electron chi connectivity index (χ1n) is 7.56. The van der Waals surface area contributed by atoms with Crippen LogP contribution in [0.3, 0.4) is 0 Å². The minimum atomic E-state index is -0.421. The van der Waals surface area contributed by atoms with Crippen molar-refractivity contribution in [3.8, 4) is 5.75 Å². The van der Waals surface area contributed by atoms with Gasteiger partial charge >= 0.3 is 5.63 Å². The molecule has 0 spiro atoms. The van der Waals surface area contributed by atoms with E-state index in [0.29, 0.717) is 25.0 Å².